The van der Waals surface area contributed by atoms with Crippen LogP contribution in [0.3, 0.4) is 0 Å². The molecule has 180 valence electrons. The van der Waals surface area contributed by atoms with Crippen LogP contribution >= 0.6 is 15.9 Å². The molecule has 0 spiro atoms. The Labute approximate surface area is 204 Å². The number of methoxy groups -OCH3 is 1. The number of sulfonamides is 1. The van der Waals surface area contributed by atoms with Gasteiger partial charge in [0.2, 0.25) is 21.8 Å². The molecule has 1 atom stereocenters. The Morgan fingerprint density at radius 2 is 1.82 bits per heavy atom. The second-order valence-electron chi connectivity index (χ2n) is 7.44. The van der Waals surface area contributed by atoms with E-state index in [0.717, 1.165) is 16.1 Å². The summed E-state index contributed by atoms with van der Waals surface area (Å²) in [6.07, 6.45) is 1.42. The minimum absolute atomic E-state index is 0.127. The van der Waals surface area contributed by atoms with Crippen molar-refractivity contribution in [3.8, 4) is 5.75 Å². The van der Waals surface area contributed by atoms with Crippen LogP contribution in [-0.2, 0) is 26.2 Å². The number of nitrogens with zero attached hydrogens (tertiary/aromatic N) is 2. The zero-order valence-electron chi connectivity index (χ0n) is 19.2. The molecule has 2 aromatic rings. The number of hydrogen-bond acceptors (Lipinski definition) is 5. The first-order valence-corrected chi connectivity index (χ1v) is 13.2. The number of amides is 2. The Morgan fingerprint density at radius 3 is 2.39 bits per heavy atom. The number of anilines is 1. The molecule has 0 saturated carbocycles. The third-order valence-electron chi connectivity index (χ3n) is 5.00. The lowest BCUT2D eigenvalue weighted by molar-refractivity contribution is -0.140. The van der Waals surface area contributed by atoms with E-state index >= 15 is 0 Å². The molecule has 0 fully saturated rings. The maximum absolute atomic E-state index is 13.5. The summed E-state index contributed by atoms with van der Waals surface area (Å²) in [5, 5.41) is 2.77. The predicted molar refractivity (Wildman–Crippen MR) is 133 cm³/mol. The van der Waals surface area contributed by atoms with E-state index < -0.39 is 28.5 Å². The van der Waals surface area contributed by atoms with Gasteiger partial charge in [0, 0.05) is 17.6 Å². The molecule has 0 aromatic heterocycles. The molecule has 2 aromatic carbocycles. The number of hydrogen-bond donors (Lipinski definition) is 1. The third-order valence-corrected chi connectivity index (χ3v) is 6.63. The van der Waals surface area contributed by atoms with Gasteiger partial charge in [0.05, 0.1) is 19.1 Å². The minimum atomic E-state index is -3.77. The third kappa shape index (κ3) is 7.46. The van der Waals surface area contributed by atoms with Crippen LogP contribution in [0, 0.1) is 0 Å². The van der Waals surface area contributed by atoms with Gasteiger partial charge in [-0.2, -0.15) is 0 Å². The minimum Gasteiger partial charge on any atom is -0.497 e. The van der Waals surface area contributed by atoms with E-state index in [2.05, 4.69) is 21.2 Å². The lowest BCUT2D eigenvalue weighted by Crippen LogP contribution is -2.52. The molecule has 0 saturated heterocycles. The van der Waals surface area contributed by atoms with Crippen LogP contribution in [0.1, 0.15) is 25.8 Å². The van der Waals surface area contributed by atoms with Crippen molar-refractivity contribution in [2.24, 2.45) is 0 Å². The number of halogens is 1. The lowest BCUT2D eigenvalue weighted by atomic mass is 10.1. The van der Waals surface area contributed by atoms with Gasteiger partial charge in [0.25, 0.3) is 0 Å². The van der Waals surface area contributed by atoms with Crippen molar-refractivity contribution in [1.82, 2.24) is 10.2 Å². The molecule has 2 amide bonds. The zero-order chi connectivity index (χ0) is 24.6. The number of carbonyl (C=O) groups is 2. The van der Waals surface area contributed by atoms with Crippen LogP contribution in [0.5, 0.6) is 5.75 Å². The van der Waals surface area contributed by atoms with Gasteiger partial charge in [-0.25, -0.2) is 8.42 Å². The Kier molecular flexibility index (Phi) is 9.72. The topological polar surface area (TPSA) is 96.0 Å². The number of nitrogens with one attached hydrogen (secondary N) is 1. The fourth-order valence-corrected chi connectivity index (χ4v) is 4.65. The standard InChI is InChI=1S/C23H30BrN3O5S/c1-5-21(23(29)25-6-2)26(15-17-9-7-12-20(13-17)32-3)22(28)16-27(33(4,30)31)19-11-8-10-18(24)14-19/h7-14,21H,5-6,15-16H2,1-4H3,(H,25,29). The molecule has 2 rings (SSSR count). The highest BCUT2D eigenvalue weighted by Crippen LogP contribution is 2.23. The van der Waals surface area contributed by atoms with Gasteiger partial charge in [-0.3, -0.25) is 13.9 Å². The van der Waals surface area contributed by atoms with Crippen molar-refractivity contribution >= 4 is 43.5 Å². The number of rotatable bonds is 11. The smallest absolute Gasteiger partial charge is 0.244 e. The maximum atomic E-state index is 13.5. The van der Waals surface area contributed by atoms with Gasteiger partial charge in [0.15, 0.2) is 0 Å². The second-order valence-corrected chi connectivity index (χ2v) is 10.3. The van der Waals surface area contributed by atoms with Gasteiger partial charge in [-0.05, 0) is 49.2 Å². The predicted octanol–water partition coefficient (Wildman–Crippen LogP) is 3.17. The van der Waals surface area contributed by atoms with E-state index in [1.165, 1.54) is 4.90 Å². The Balaban J connectivity index is 2.44. The summed E-state index contributed by atoms with van der Waals surface area (Å²) in [7, 11) is -2.22. The normalized spacial score (nSPS) is 12.0. The molecular weight excluding hydrogens is 510 g/mol. The van der Waals surface area contributed by atoms with Crippen molar-refractivity contribution in [2.75, 3.05) is 30.8 Å². The van der Waals surface area contributed by atoms with Gasteiger partial charge >= 0.3 is 0 Å². The Hall–Kier alpha value is -2.59. The molecule has 1 N–H and O–H groups in total. The highest BCUT2D eigenvalue weighted by Gasteiger charge is 2.31. The highest BCUT2D eigenvalue weighted by atomic mass is 79.9. The summed E-state index contributed by atoms with van der Waals surface area (Å²) in [5.74, 6) is -0.149. The largest absolute Gasteiger partial charge is 0.497 e. The average molecular weight is 540 g/mol. The number of carbonyl (C=O) groups excluding carboxylic acids is 2. The molecule has 10 heteroatoms. The van der Waals surface area contributed by atoms with Crippen LogP contribution in [0.15, 0.2) is 53.0 Å². The molecule has 0 aliphatic carbocycles. The van der Waals surface area contributed by atoms with E-state index in [1.807, 2.05) is 13.0 Å². The SMILES string of the molecule is CCNC(=O)C(CC)N(Cc1cccc(OC)c1)C(=O)CN(c1cccc(Br)c1)S(C)(=O)=O. The van der Waals surface area contributed by atoms with Crippen LogP contribution in [0.4, 0.5) is 5.69 Å². The molecule has 33 heavy (non-hydrogen) atoms. The molecule has 0 aliphatic heterocycles. The first-order valence-electron chi connectivity index (χ1n) is 10.5. The monoisotopic (exact) mass is 539 g/mol. The highest BCUT2D eigenvalue weighted by molar-refractivity contribution is 9.10. The first kappa shape index (κ1) is 26.7. The van der Waals surface area contributed by atoms with Crippen molar-refractivity contribution in [3.63, 3.8) is 0 Å². The van der Waals surface area contributed by atoms with Gasteiger partial charge in [-0.1, -0.05) is 41.1 Å². The van der Waals surface area contributed by atoms with Crippen molar-refractivity contribution in [2.45, 2.75) is 32.9 Å². The number of benzene rings is 2. The van der Waals surface area contributed by atoms with Crippen molar-refractivity contribution in [1.29, 1.82) is 0 Å². The van der Waals surface area contributed by atoms with Crippen LogP contribution < -0.4 is 14.4 Å². The summed E-state index contributed by atoms with van der Waals surface area (Å²) in [6, 6.07) is 13.1. The molecule has 1 unspecified atom stereocenters. The van der Waals surface area contributed by atoms with E-state index in [4.69, 9.17) is 4.74 Å². The van der Waals surface area contributed by atoms with E-state index in [1.54, 1.807) is 56.5 Å². The molecule has 0 bridgehead atoms. The summed E-state index contributed by atoms with van der Waals surface area (Å²) >= 11 is 3.34. The van der Waals surface area contributed by atoms with E-state index in [0.29, 0.717) is 28.9 Å². The van der Waals surface area contributed by atoms with Crippen molar-refractivity contribution < 1.29 is 22.7 Å². The van der Waals surface area contributed by atoms with Gasteiger partial charge in [-0.15, -0.1) is 0 Å². The summed E-state index contributed by atoms with van der Waals surface area (Å²) in [5.41, 5.74) is 1.12. The van der Waals surface area contributed by atoms with Gasteiger partial charge in [0.1, 0.15) is 18.3 Å². The molecule has 8 nitrogen and oxygen atoms in total. The fraction of sp³-hybridized carbons (Fsp3) is 0.391. The quantitative estimate of drug-likeness (QED) is 0.473. The molecule has 0 aliphatic rings. The van der Waals surface area contributed by atoms with Crippen LogP contribution in [-0.4, -0.2) is 57.6 Å². The molecule has 0 heterocycles. The van der Waals surface area contributed by atoms with Crippen molar-refractivity contribution in [3.05, 3.63) is 58.6 Å². The van der Waals surface area contributed by atoms with E-state index in [-0.39, 0.29) is 12.5 Å². The van der Waals surface area contributed by atoms with Gasteiger partial charge < -0.3 is 15.0 Å². The molecule has 0 radical (unpaired) electrons. The fourth-order valence-electron chi connectivity index (χ4n) is 3.42. The lowest BCUT2D eigenvalue weighted by Gasteiger charge is -2.32. The summed E-state index contributed by atoms with van der Waals surface area (Å²) in [4.78, 5) is 27.7. The Morgan fingerprint density at radius 1 is 1.12 bits per heavy atom. The Bertz CT molecular complexity index is 1080. The second kappa shape index (κ2) is 12.0. The summed E-state index contributed by atoms with van der Waals surface area (Å²) in [6.45, 7) is 3.73. The van der Waals surface area contributed by atoms with Crippen LogP contribution in [0.2, 0.25) is 0 Å². The van der Waals surface area contributed by atoms with E-state index in [9.17, 15) is 18.0 Å². The first-order chi connectivity index (χ1) is 15.6. The number of ether oxygens (including phenoxy) is 1. The average Bonchev–Trinajstić information content (AvgIpc) is 2.76. The summed E-state index contributed by atoms with van der Waals surface area (Å²) < 4.78 is 32.1. The van der Waals surface area contributed by atoms with Crippen LogP contribution in [0.25, 0.3) is 0 Å². The maximum Gasteiger partial charge on any atom is 0.244 e. The molecular formula is C23H30BrN3O5S. The number of likely N-dealkylation sites (N-methyl/N-ethyl adjacent to an activating group) is 1. The zero-order valence-corrected chi connectivity index (χ0v) is 21.6.